The van der Waals surface area contributed by atoms with E-state index in [-0.39, 0.29) is 12.5 Å². The van der Waals surface area contributed by atoms with Crippen molar-refractivity contribution in [1.82, 2.24) is 5.32 Å². The van der Waals surface area contributed by atoms with E-state index in [0.29, 0.717) is 13.0 Å². The summed E-state index contributed by atoms with van der Waals surface area (Å²) in [5.74, 6) is -0.0654. The Hall–Kier alpha value is -1.17. The molecule has 0 aromatic carbocycles. The van der Waals surface area contributed by atoms with Crippen LogP contribution in [0.25, 0.3) is 0 Å². The van der Waals surface area contributed by atoms with Crippen LogP contribution in [0.15, 0.2) is 24.3 Å². The number of amides is 1. The van der Waals surface area contributed by atoms with Gasteiger partial charge in [-0.3, -0.25) is 4.79 Å². The minimum Gasteiger partial charge on any atom is -0.396 e. The van der Waals surface area contributed by atoms with Gasteiger partial charge in [-0.25, -0.2) is 0 Å². The highest BCUT2D eigenvalue weighted by Crippen LogP contribution is 2.17. The minimum absolute atomic E-state index is 0.0654. The number of nitrogens with one attached hydrogen (secondary N) is 1. The van der Waals surface area contributed by atoms with E-state index in [2.05, 4.69) is 24.4 Å². The molecule has 0 aliphatic heterocycles. The van der Waals surface area contributed by atoms with Crippen LogP contribution in [-0.4, -0.2) is 46.6 Å². The molecule has 0 radical (unpaired) electrons. The van der Waals surface area contributed by atoms with Crippen molar-refractivity contribution in [2.75, 3.05) is 13.2 Å². The molecular weight excluding hydrogens is 703 g/mol. The molecule has 338 valence electrons. The molecule has 4 N–H and O–H groups in total. The summed E-state index contributed by atoms with van der Waals surface area (Å²) in [7, 11) is 0. The van der Waals surface area contributed by atoms with Gasteiger partial charge in [0.1, 0.15) is 0 Å². The lowest BCUT2D eigenvalue weighted by molar-refractivity contribution is -0.123. The molecule has 2 atom stereocenters. The van der Waals surface area contributed by atoms with Crippen LogP contribution in [0.5, 0.6) is 0 Å². The summed E-state index contributed by atoms with van der Waals surface area (Å²) in [5.41, 5.74) is 0. The Balaban J connectivity index is 3.39. The molecule has 0 fully saturated rings. The monoisotopic (exact) mass is 804 g/mol. The lowest BCUT2D eigenvalue weighted by Crippen LogP contribution is -2.45. The molecule has 0 spiro atoms. The Morgan fingerprint density at radius 1 is 0.421 bits per heavy atom. The Labute approximate surface area is 356 Å². The summed E-state index contributed by atoms with van der Waals surface area (Å²) in [5, 5.41) is 31.8. The van der Waals surface area contributed by atoms with Gasteiger partial charge in [0, 0.05) is 13.0 Å². The lowest BCUT2D eigenvalue weighted by atomic mass is 10.0. The second-order valence-corrected chi connectivity index (χ2v) is 17.7. The molecule has 57 heavy (non-hydrogen) atoms. The van der Waals surface area contributed by atoms with Crippen molar-refractivity contribution in [3.05, 3.63) is 24.3 Å². The van der Waals surface area contributed by atoms with Gasteiger partial charge in [-0.05, 0) is 44.9 Å². The number of carbonyl (C=O) groups is 1. The first-order chi connectivity index (χ1) is 28.2. The van der Waals surface area contributed by atoms with Crippen LogP contribution in [0.1, 0.15) is 277 Å². The maximum Gasteiger partial charge on any atom is 0.220 e. The highest BCUT2D eigenvalue weighted by molar-refractivity contribution is 5.76. The normalized spacial score (nSPS) is 13.0. The van der Waals surface area contributed by atoms with Crippen molar-refractivity contribution in [3.63, 3.8) is 0 Å². The molecule has 0 unspecified atom stereocenters. The van der Waals surface area contributed by atoms with Gasteiger partial charge >= 0.3 is 0 Å². The van der Waals surface area contributed by atoms with Crippen molar-refractivity contribution in [2.45, 2.75) is 289 Å². The average molecular weight is 804 g/mol. The lowest BCUT2D eigenvalue weighted by Gasteiger charge is -2.20. The predicted molar refractivity (Wildman–Crippen MR) is 250 cm³/mol. The first kappa shape index (κ1) is 55.8. The molecule has 0 saturated heterocycles. The number of hydrogen-bond donors (Lipinski definition) is 4. The number of carbonyl (C=O) groups excluding carboxylic acids is 1. The van der Waals surface area contributed by atoms with Crippen molar-refractivity contribution >= 4 is 5.91 Å². The van der Waals surface area contributed by atoms with Crippen molar-refractivity contribution < 1.29 is 20.1 Å². The number of hydrogen-bond acceptors (Lipinski definition) is 4. The van der Waals surface area contributed by atoms with Gasteiger partial charge < -0.3 is 20.6 Å². The van der Waals surface area contributed by atoms with E-state index >= 15 is 0 Å². The number of rotatable bonds is 48. The zero-order valence-corrected chi connectivity index (χ0v) is 38.3. The molecular formula is C52H101NO4. The van der Waals surface area contributed by atoms with E-state index in [1.807, 2.05) is 6.08 Å². The zero-order valence-electron chi connectivity index (χ0n) is 38.3. The molecule has 0 bridgehead atoms. The van der Waals surface area contributed by atoms with E-state index in [1.165, 1.54) is 231 Å². The Morgan fingerprint density at radius 3 is 1.05 bits per heavy atom. The third-order valence-electron chi connectivity index (χ3n) is 12.0. The highest BCUT2D eigenvalue weighted by Gasteiger charge is 2.18. The maximum absolute atomic E-state index is 12.4. The summed E-state index contributed by atoms with van der Waals surface area (Å²) < 4.78 is 0. The van der Waals surface area contributed by atoms with Gasteiger partial charge in [-0.2, -0.15) is 0 Å². The number of aliphatic hydroxyl groups is 3. The van der Waals surface area contributed by atoms with Crippen molar-refractivity contribution in [2.24, 2.45) is 0 Å². The fraction of sp³-hybridized carbons (Fsp3) is 0.904. The molecule has 0 aromatic heterocycles. The zero-order chi connectivity index (χ0) is 41.4. The van der Waals surface area contributed by atoms with Gasteiger partial charge in [0.2, 0.25) is 5.91 Å². The Bertz CT molecular complexity index is 829. The molecule has 5 nitrogen and oxygen atoms in total. The van der Waals surface area contributed by atoms with Gasteiger partial charge in [0.25, 0.3) is 0 Å². The fourth-order valence-electron chi connectivity index (χ4n) is 8.05. The molecule has 0 saturated carbocycles. The molecule has 0 aliphatic rings. The molecule has 0 aliphatic carbocycles. The highest BCUT2D eigenvalue weighted by atomic mass is 16.3. The largest absolute Gasteiger partial charge is 0.396 e. The van der Waals surface area contributed by atoms with Crippen LogP contribution in [0.2, 0.25) is 0 Å². The molecule has 1 amide bonds. The van der Waals surface area contributed by atoms with Crippen molar-refractivity contribution in [3.8, 4) is 0 Å². The standard InChI is InChI=1S/C52H101NO4/c1-2-3-4-5-6-7-8-28-31-34-37-40-43-46-51(56)50(49-55)53-52(57)47-44-41-38-35-32-29-26-24-22-20-18-16-14-12-10-9-11-13-15-17-19-21-23-25-27-30-33-36-39-42-45-48-54/h4-5,43,46,50-51,54-56H,2-3,6-42,44-45,47-49H2,1H3,(H,53,57)/b5-4-,46-43+/t50-,51+/m0/s1. The summed E-state index contributed by atoms with van der Waals surface area (Å²) in [6.07, 6.45) is 61.9. The molecule has 5 heteroatoms. The van der Waals surface area contributed by atoms with Crippen LogP contribution >= 0.6 is 0 Å². The summed E-state index contributed by atoms with van der Waals surface area (Å²) >= 11 is 0. The van der Waals surface area contributed by atoms with Crippen LogP contribution < -0.4 is 5.32 Å². The molecule has 0 heterocycles. The maximum atomic E-state index is 12.4. The van der Waals surface area contributed by atoms with Crippen LogP contribution in [0, 0.1) is 0 Å². The van der Waals surface area contributed by atoms with E-state index in [4.69, 9.17) is 5.11 Å². The summed E-state index contributed by atoms with van der Waals surface area (Å²) in [6.45, 7) is 2.33. The smallest absolute Gasteiger partial charge is 0.220 e. The predicted octanol–water partition coefficient (Wildman–Crippen LogP) is 15.3. The first-order valence-electron chi connectivity index (χ1n) is 25.7. The van der Waals surface area contributed by atoms with Crippen LogP contribution in [0.4, 0.5) is 0 Å². The minimum atomic E-state index is -0.843. The third-order valence-corrected chi connectivity index (χ3v) is 12.0. The first-order valence-corrected chi connectivity index (χ1v) is 25.7. The number of allylic oxidation sites excluding steroid dienone is 3. The average Bonchev–Trinajstić information content (AvgIpc) is 3.22. The quantitative estimate of drug-likeness (QED) is 0.0364. The van der Waals surface area contributed by atoms with Gasteiger partial charge in [0.05, 0.1) is 18.8 Å². The van der Waals surface area contributed by atoms with E-state index in [1.54, 1.807) is 6.08 Å². The van der Waals surface area contributed by atoms with E-state index < -0.39 is 12.1 Å². The Kier molecular flexibility index (Phi) is 48.2. The van der Waals surface area contributed by atoms with Gasteiger partial charge in [-0.1, -0.05) is 250 Å². The van der Waals surface area contributed by atoms with Gasteiger partial charge in [0.15, 0.2) is 0 Å². The second-order valence-electron chi connectivity index (χ2n) is 17.7. The van der Waals surface area contributed by atoms with Gasteiger partial charge in [-0.15, -0.1) is 0 Å². The van der Waals surface area contributed by atoms with E-state index in [9.17, 15) is 15.0 Å². The van der Waals surface area contributed by atoms with E-state index in [0.717, 1.165) is 32.1 Å². The topological polar surface area (TPSA) is 89.8 Å². The summed E-state index contributed by atoms with van der Waals surface area (Å²) in [4.78, 5) is 12.4. The molecule has 0 aromatic rings. The number of unbranched alkanes of at least 4 members (excludes halogenated alkanes) is 38. The second kappa shape index (κ2) is 49.2. The Morgan fingerprint density at radius 2 is 0.719 bits per heavy atom. The number of aliphatic hydroxyl groups excluding tert-OH is 3. The van der Waals surface area contributed by atoms with Crippen LogP contribution in [-0.2, 0) is 4.79 Å². The third kappa shape index (κ3) is 45.8. The molecule has 0 rings (SSSR count). The SMILES string of the molecule is CCC/C=C\CCCCCCCC/C=C/[C@@H](O)[C@H](CO)NC(=O)CCCCCCCCCCCCCCCCCCCCCCCCCCCCCCCCCO. The fourth-order valence-corrected chi connectivity index (χ4v) is 8.05. The van der Waals surface area contributed by atoms with Crippen molar-refractivity contribution in [1.29, 1.82) is 0 Å². The summed E-state index contributed by atoms with van der Waals surface area (Å²) in [6, 6.07) is -0.625. The van der Waals surface area contributed by atoms with Crippen LogP contribution in [0.3, 0.4) is 0 Å².